The summed E-state index contributed by atoms with van der Waals surface area (Å²) >= 11 is 0. The first-order valence-corrected chi connectivity index (χ1v) is 6.59. The lowest BCUT2D eigenvalue weighted by Gasteiger charge is -2.25. The van der Waals surface area contributed by atoms with Crippen molar-refractivity contribution >= 4 is 6.09 Å². The van der Waals surface area contributed by atoms with Gasteiger partial charge in [-0.1, -0.05) is 0 Å². The van der Waals surface area contributed by atoms with Gasteiger partial charge in [0.05, 0.1) is 6.61 Å². The van der Waals surface area contributed by atoms with E-state index < -0.39 is 5.60 Å². The van der Waals surface area contributed by atoms with E-state index in [2.05, 4.69) is 4.90 Å². The summed E-state index contributed by atoms with van der Waals surface area (Å²) in [6.07, 6.45) is 0.796. The first-order valence-electron chi connectivity index (χ1n) is 6.59. The minimum absolute atomic E-state index is 0.180. The van der Waals surface area contributed by atoms with E-state index in [4.69, 9.17) is 9.84 Å². The third-order valence-electron chi connectivity index (χ3n) is 2.99. The molecule has 1 fully saturated rings. The summed E-state index contributed by atoms with van der Waals surface area (Å²) in [5.41, 5.74) is -0.428. The molecule has 5 nitrogen and oxygen atoms in total. The summed E-state index contributed by atoms with van der Waals surface area (Å²) in [5.74, 6) is 0.481. The zero-order valence-corrected chi connectivity index (χ0v) is 12.0. The standard InChI is InChI=1S/C13H26N2O3/c1-13(2,3)18-12(17)15-6-5-11(10-15)9-14(4)7-8-16/h11,16H,5-10H2,1-4H3/t11-/m1/s1. The number of carbonyl (C=O) groups excluding carboxylic acids is 1. The summed E-state index contributed by atoms with van der Waals surface area (Å²) in [6.45, 7) is 8.95. The van der Waals surface area contributed by atoms with Gasteiger partial charge in [-0.25, -0.2) is 4.79 Å². The van der Waals surface area contributed by atoms with Crippen LogP contribution >= 0.6 is 0 Å². The Morgan fingerprint density at radius 2 is 2.17 bits per heavy atom. The Kier molecular flexibility index (Phi) is 5.41. The van der Waals surface area contributed by atoms with E-state index in [9.17, 15) is 4.79 Å². The number of aliphatic hydroxyl groups is 1. The lowest BCUT2D eigenvalue weighted by atomic mass is 10.1. The van der Waals surface area contributed by atoms with Gasteiger partial charge < -0.3 is 19.6 Å². The Bertz CT molecular complexity index is 276. The fourth-order valence-corrected chi connectivity index (χ4v) is 2.18. The van der Waals surface area contributed by atoms with Crippen LogP contribution in [0.5, 0.6) is 0 Å². The molecule has 1 aliphatic rings. The first-order chi connectivity index (χ1) is 8.31. The lowest BCUT2D eigenvalue weighted by molar-refractivity contribution is 0.0285. The molecule has 0 saturated carbocycles. The molecule has 0 unspecified atom stereocenters. The van der Waals surface area contributed by atoms with Crippen LogP contribution in [0.25, 0.3) is 0 Å². The second-order valence-electron chi connectivity index (χ2n) is 6.07. The third-order valence-corrected chi connectivity index (χ3v) is 2.99. The van der Waals surface area contributed by atoms with Crippen LogP contribution in [0.15, 0.2) is 0 Å². The Hall–Kier alpha value is -0.810. The largest absolute Gasteiger partial charge is 0.444 e. The molecule has 0 aromatic carbocycles. The fourth-order valence-electron chi connectivity index (χ4n) is 2.18. The number of rotatable bonds is 4. The van der Waals surface area contributed by atoms with Crippen LogP contribution < -0.4 is 0 Å². The maximum absolute atomic E-state index is 11.9. The highest BCUT2D eigenvalue weighted by molar-refractivity contribution is 5.68. The molecule has 0 aromatic rings. The predicted molar refractivity (Wildman–Crippen MR) is 70.5 cm³/mol. The van der Waals surface area contributed by atoms with Crippen molar-refractivity contribution in [3.63, 3.8) is 0 Å². The number of aliphatic hydroxyl groups excluding tert-OH is 1. The predicted octanol–water partition coefficient (Wildman–Crippen LogP) is 1.17. The first kappa shape index (κ1) is 15.2. The maximum Gasteiger partial charge on any atom is 0.410 e. The molecule has 1 aliphatic heterocycles. The molecular weight excluding hydrogens is 232 g/mol. The molecule has 106 valence electrons. The molecule has 0 radical (unpaired) electrons. The summed E-state index contributed by atoms with van der Waals surface area (Å²) in [7, 11) is 1.99. The van der Waals surface area contributed by atoms with Crippen LogP contribution in [-0.4, -0.2) is 66.4 Å². The summed E-state index contributed by atoms with van der Waals surface area (Å²) in [4.78, 5) is 15.7. The number of nitrogens with zero attached hydrogens (tertiary/aromatic N) is 2. The molecule has 1 saturated heterocycles. The van der Waals surface area contributed by atoms with E-state index in [1.165, 1.54) is 0 Å². The zero-order valence-electron chi connectivity index (χ0n) is 12.0. The Labute approximate surface area is 110 Å². The highest BCUT2D eigenvalue weighted by atomic mass is 16.6. The van der Waals surface area contributed by atoms with E-state index in [0.29, 0.717) is 12.5 Å². The van der Waals surface area contributed by atoms with Gasteiger partial charge in [0.15, 0.2) is 0 Å². The third kappa shape index (κ3) is 5.23. The number of ether oxygens (including phenoxy) is 1. The van der Waals surface area contributed by atoms with Crippen LogP contribution in [0, 0.1) is 5.92 Å². The van der Waals surface area contributed by atoms with Gasteiger partial charge in [0.2, 0.25) is 0 Å². The van der Waals surface area contributed by atoms with E-state index in [1.54, 1.807) is 4.90 Å². The van der Waals surface area contributed by atoms with Crippen molar-refractivity contribution in [3.05, 3.63) is 0 Å². The van der Waals surface area contributed by atoms with Crippen molar-refractivity contribution in [3.8, 4) is 0 Å². The average Bonchev–Trinajstić information content (AvgIpc) is 2.63. The quantitative estimate of drug-likeness (QED) is 0.822. The smallest absolute Gasteiger partial charge is 0.410 e. The van der Waals surface area contributed by atoms with Gasteiger partial charge in [-0.05, 0) is 40.2 Å². The minimum Gasteiger partial charge on any atom is -0.444 e. The molecule has 0 aromatic heterocycles. The van der Waals surface area contributed by atoms with Crippen molar-refractivity contribution < 1.29 is 14.6 Å². The second-order valence-corrected chi connectivity index (χ2v) is 6.07. The molecule has 0 aliphatic carbocycles. The van der Waals surface area contributed by atoms with E-state index in [1.807, 2.05) is 27.8 Å². The van der Waals surface area contributed by atoms with Gasteiger partial charge in [-0.3, -0.25) is 0 Å². The normalized spacial score (nSPS) is 20.6. The molecule has 0 bridgehead atoms. The minimum atomic E-state index is -0.428. The monoisotopic (exact) mass is 258 g/mol. The van der Waals surface area contributed by atoms with Crippen molar-refractivity contribution in [2.24, 2.45) is 5.92 Å². The summed E-state index contributed by atoms with van der Waals surface area (Å²) in [6, 6.07) is 0. The molecule has 1 rings (SSSR count). The number of carbonyl (C=O) groups is 1. The van der Waals surface area contributed by atoms with Crippen molar-refractivity contribution in [2.45, 2.75) is 32.8 Å². The Morgan fingerprint density at radius 1 is 1.50 bits per heavy atom. The number of hydrogen-bond donors (Lipinski definition) is 1. The topological polar surface area (TPSA) is 53.0 Å². The molecule has 1 heterocycles. The summed E-state index contributed by atoms with van der Waals surface area (Å²) < 4.78 is 5.36. The second kappa shape index (κ2) is 6.38. The van der Waals surface area contributed by atoms with E-state index in [-0.39, 0.29) is 12.7 Å². The number of hydrogen-bond acceptors (Lipinski definition) is 4. The van der Waals surface area contributed by atoms with Crippen LogP contribution in [0.2, 0.25) is 0 Å². The molecule has 0 spiro atoms. The molecule has 1 atom stereocenters. The maximum atomic E-state index is 11.9. The van der Waals surface area contributed by atoms with Crippen LogP contribution in [0.1, 0.15) is 27.2 Å². The van der Waals surface area contributed by atoms with Gasteiger partial charge in [-0.15, -0.1) is 0 Å². The Morgan fingerprint density at radius 3 is 2.72 bits per heavy atom. The SMILES string of the molecule is CN(CCO)C[C@H]1CCN(C(=O)OC(C)(C)C)C1. The van der Waals surface area contributed by atoms with Crippen LogP contribution in [-0.2, 0) is 4.74 Å². The number of likely N-dealkylation sites (N-methyl/N-ethyl adjacent to an activating group) is 1. The van der Waals surface area contributed by atoms with E-state index in [0.717, 1.165) is 26.1 Å². The van der Waals surface area contributed by atoms with Gasteiger partial charge in [0.25, 0.3) is 0 Å². The summed E-state index contributed by atoms with van der Waals surface area (Å²) in [5, 5.41) is 8.85. The highest BCUT2D eigenvalue weighted by Crippen LogP contribution is 2.19. The highest BCUT2D eigenvalue weighted by Gasteiger charge is 2.30. The van der Waals surface area contributed by atoms with Crippen molar-refractivity contribution in [2.75, 3.05) is 39.8 Å². The molecule has 1 amide bonds. The molecule has 18 heavy (non-hydrogen) atoms. The zero-order chi connectivity index (χ0) is 13.8. The fraction of sp³-hybridized carbons (Fsp3) is 0.923. The molecular formula is C13H26N2O3. The average molecular weight is 258 g/mol. The van der Waals surface area contributed by atoms with Crippen LogP contribution in [0.4, 0.5) is 4.79 Å². The van der Waals surface area contributed by atoms with Crippen molar-refractivity contribution in [1.29, 1.82) is 0 Å². The Balaban J connectivity index is 2.34. The molecule has 1 N–H and O–H groups in total. The van der Waals surface area contributed by atoms with Gasteiger partial charge in [0, 0.05) is 26.2 Å². The van der Waals surface area contributed by atoms with E-state index >= 15 is 0 Å². The van der Waals surface area contributed by atoms with Crippen LogP contribution in [0.3, 0.4) is 0 Å². The van der Waals surface area contributed by atoms with Crippen molar-refractivity contribution in [1.82, 2.24) is 9.80 Å². The molecule has 5 heteroatoms. The number of amides is 1. The van der Waals surface area contributed by atoms with Gasteiger partial charge >= 0.3 is 6.09 Å². The van der Waals surface area contributed by atoms with Gasteiger partial charge in [0.1, 0.15) is 5.60 Å². The lowest BCUT2D eigenvalue weighted by Crippen LogP contribution is -2.36. The number of likely N-dealkylation sites (tertiary alicyclic amines) is 1. The van der Waals surface area contributed by atoms with Gasteiger partial charge in [-0.2, -0.15) is 0 Å².